The molecule has 0 N–H and O–H groups in total. The number of hydrogen-bond donors (Lipinski definition) is 0. The molecule has 0 aliphatic carbocycles. The summed E-state index contributed by atoms with van der Waals surface area (Å²) in [4.78, 5) is 0. The van der Waals surface area contributed by atoms with Gasteiger partial charge in [-0.2, -0.15) is 0 Å². The lowest BCUT2D eigenvalue weighted by Gasteiger charge is -2.09. The molecule has 0 amide bonds. The summed E-state index contributed by atoms with van der Waals surface area (Å²) in [5.41, 5.74) is 7.77. The third-order valence-corrected chi connectivity index (χ3v) is 4.38. The molecule has 2 rings (SSSR count). The van der Waals surface area contributed by atoms with Crippen LogP contribution in [0.4, 0.5) is 0 Å². The second-order valence-corrected chi connectivity index (χ2v) is 6.61. The van der Waals surface area contributed by atoms with Crippen molar-refractivity contribution >= 4 is 5.57 Å². The number of hydrogen-bond acceptors (Lipinski definition) is 0. The van der Waals surface area contributed by atoms with Gasteiger partial charge >= 0.3 is 0 Å². The van der Waals surface area contributed by atoms with Gasteiger partial charge in [0.25, 0.3) is 0 Å². The van der Waals surface area contributed by atoms with Crippen LogP contribution in [0.25, 0.3) is 5.57 Å². The van der Waals surface area contributed by atoms with E-state index >= 15 is 0 Å². The molecule has 0 saturated heterocycles. The van der Waals surface area contributed by atoms with Crippen molar-refractivity contribution in [2.45, 2.75) is 40.5 Å². The van der Waals surface area contributed by atoms with Gasteiger partial charge in [0.05, 0.1) is 0 Å². The van der Waals surface area contributed by atoms with Crippen LogP contribution in [-0.4, -0.2) is 0 Å². The van der Waals surface area contributed by atoms with Crippen molar-refractivity contribution in [2.75, 3.05) is 0 Å². The first-order valence-electron chi connectivity index (χ1n) is 9.46. The number of aryl methyl sites for hydroxylation is 1. The van der Waals surface area contributed by atoms with Crippen LogP contribution >= 0.6 is 0 Å². The van der Waals surface area contributed by atoms with Gasteiger partial charge in [0, 0.05) is 0 Å². The quantitative estimate of drug-likeness (QED) is 0.457. The smallest absolute Gasteiger partial charge is 0.00882 e. The Morgan fingerprint density at radius 1 is 0.885 bits per heavy atom. The molecule has 134 valence electrons. The van der Waals surface area contributed by atoms with Crippen molar-refractivity contribution in [3.05, 3.63) is 113 Å². The molecule has 0 nitrogen and oxygen atoms in total. The highest BCUT2D eigenvalue weighted by Gasteiger charge is 2.02. The van der Waals surface area contributed by atoms with Crippen molar-refractivity contribution in [3.63, 3.8) is 0 Å². The summed E-state index contributed by atoms with van der Waals surface area (Å²) in [6, 6.07) is 19.4. The van der Waals surface area contributed by atoms with E-state index in [1.54, 1.807) is 0 Å². The van der Waals surface area contributed by atoms with Crippen LogP contribution in [-0.2, 0) is 6.42 Å². The van der Waals surface area contributed by atoms with Gasteiger partial charge in [-0.25, -0.2) is 0 Å². The van der Waals surface area contributed by atoms with Crippen molar-refractivity contribution in [2.24, 2.45) is 0 Å². The zero-order valence-corrected chi connectivity index (χ0v) is 16.5. The topological polar surface area (TPSA) is 0 Å². The lowest BCUT2D eigenvalue weighted by Crippen LogP contribution is -1.90. The Labute approximate surface area is 159 Å². The molecule has 0 radical (unpaired) electrons. The Morgan fingerprint density at radius 3 is 2.19 bits per heavy atom. The summed E-state index contributed by atoms with van der Waals surface area (Å²) in [6.45, 7) is 8.59. The predicted octanol–water partition coefficient (Wildman–Crippen LogP) is 7.48. The highest BCUT2D eigenvalue weighted by molar-refractivity contribution is 5.69. The maximum atomic E-state index is 2.35. The van der Waals surface area contributed by atoms with Crippen LogP contribution in [0.3, 0.4) is 0 Å². The summed E-state index contributed by atoms with van der Waals surface area (Å²) < 4.78 is 0. The maximum Gasteiger partial charge on any atom is -0.00882 e. The largest absolute Gasteiger partial charge is 0.0871 e. The molecular formula is C26H30. The minimum atomic E-state index is 0.937. The van der Waals surface area contributed by atoms with Gasteiger partial charge in [-0.3, -0.25) is 0 Å². The molecular weight excluding hydrogens is 312 g/mol. The van der Waals surface area contributed by atoms with Crippen molar-refractivity contribution in [1.29, 1.82) is 0 Å². The fraction of sp³-hybridized carbons (Fsp3) is 0.231. The average Bonchev–Trinajstić information content (AvgIpc) is 2.67. The molecule has 0 saturated carbocycles. The molecule has 26 heavy (non-hydrogen) atoms. The monoisotopic (exact) mass is 342 g/mol. The Balaban J connectivity index is 2.39. The van der Waals surface area contributed by atoms with E-state index in [2.05, 4.69) is 113 Å². The zero-order valence-electron chi connectivity index (χ0n) is 16.5. The second-order valence-electron chi connectivity index (χ2n) is 6.61. The van der Waals surface area contributed by atoms with Gasteiger partial charge in [-0.1, -0.05) is 97.5 Å². The van der Waals surface area contributed by atoms with Crippen molar-refractivity contribution in [3.8, 4) is 0 Å². The molecule has 0 heterocycles. The summed E-state index contributed by atoms with van der Waals surface area (Å²) in [5.74, 6) is 0. The molecule has 0 fully saturated rings. The van der Waals surface area contributed by atoms with Gasteiger partial charge in [0.1, 0.15) is 0 Å². The van der Waals surface area contributed by atoms with Crippen LogP contribution in [0.15, 0.2) is 96.1 Å². The van der Waals surface area contributed by atoms with Crippen LogP contribution < -0.4 is 0 Å². The lowest BCUT2D eigenvalue weighted by atomic mass is 9.96. The van der Waals surface area contributed by atoms with Gasteiger partial charge in [0.15, 0.2) is 0 Å². The van der Waals surface area contributed by atoms with Crippen molar-refractivity contribution in [1.82, 2.24) is 0 Å². The molecule has 0 aliphatic rings. The summed E-state index contributed by atoms with van der Waals surface area (Å²) in [7, 11) is 0. The molecule has 0 aromatic heterocycles. The van der Waals surface area contributed by atoms with E-state index in [9.17, 15) is 0 Å². The Kier molecular flexibility index (Phi) is 7.89. The lowest BCUT2D eigenvalue weighted by molar-refractivity contribution is 1.19. The molecule has 0 spiro atoms. The Morgan fingerprint density at radius 2 is 1.58 bits per heavy atom. The molecule has 0 bridgehead atoms. The molecule has 0 heteroatoms. The highest BCUT2D eigenvalue weighted by Crippen LogP contribution is 2.22. The first kappa shape index (κ1) is 19.7. The van der Waals surface area contributed by atoms with Gasteiger partial charge in [0.2, 0.25) is 0 Å². The number of rotatable bonds is 7. The molecule has 0 aliphatic heterocycles. The minimum Gasteiger partial charge on any atom is -0.0871 e. The minimum absolute atomic E-state index is 0.937. The zero-order chi connectivity index (χ0) is 18.8. The molecule has 0 atom stereocenters. The van der Waals surface area contributed by atoms with Crippen molar-refractivity contribution < 1.29 is 0 Å². The first-order chi connectivity index (χ1) is 12.6. The van der Waals surface area contributed by atoms with E-state index in [1.807, 2.05) is 0 Å². The fourth-order valence-electron chi connectivity index (χ4n) is 2.91. The van der Waals surface area contributed by atoms with E-state index < -0.39 is 0 Å². The standard InChI is InChI=1S/C26H30/c1-5-10-25(11-6-2)26(19-18-23-16-14-21(3)15-17-23)20-22(4)24-12-8-7-9-13-24/h5,7-17,19-20H,6,18H2,1-4H3/b10-5-,22-20+,25-11+,26-19+. The normalized spacial score (nSPS) is 13.5. The summed E-state index contributed by atoms with van der Waals surface area (Å²) >= 11 is 0. The summed E-state index contributed by atoms with van der Waals surface area (Å²) in [5, 5.41) is 0. The van der Waals surface area contributed by atoms with E-state index in [0.717, 1.165) is 12.8 Å². The van der Waals surface area contributed by atoms with Crippen LogP contribution in [0.1, 0.15) is 43.9 Å². The molecule has 0 unspecified atom stereocenters. The third-order valence-electron chi connectivity index (χ3n) is 4.38. The first-order valence-corrected chi connectivity index (χ1v) is 9.46. The Hall–Kier alpha value is -2.60. The predicted molar refractivity (Wildman–Crippen MR) is 116 cm³/mol. The SMILES string of the molecule is C\C=C/C(=C\CC)C(=C/Cc1ccc(C)cc1)/C=C(\C)c1ccccc1. The van der Waals surface area contributed by atoms with E-state index in [4.69, 9.17) is 0 Å². The number of benzene rings is 2. The summed E-state index contributed by atoms with van der Waals surface area (Å²) in [6.07, 6.45) is 13.2. The fourth-order valence-corrected chi connectivity index (χ4v) is 2.91. The average molecular weight is 343 g/mol. The van der Waals surface area contributed by atoms with E-state index in [1.165, 1.54) is 33.4 Å². The molecule has 2 aromatic carbocycles. The van der Waals surface area contributed by atoms with Gasteiger partial charge < -0.3 is 0 Å². The van der Waals surface area contributed by atoms with Gasteiger partial charge in [-0.15, -0.1) is 0 Å². The molecule has 2 aromatic rings. The maximum absolute atomic E-state index is 2.35. The van der Waals surface area contributed by atoms with E-state index in [0.29, 0.717) is 0 Å². The van der Waals surface area contributed by atoms with E-state index in [-0.39, 0.29) is 0 Å². The second kappa shape index (κ2) is 10.4. The van der Waals surface area contributed by atoms with Crippen LogP contribution in [0.5, 0.6) is 0 Å². The third kappa shape index (κ3) is 6.04. The van der Waals surface area contributed by atoms with Gasteiger partial charge in [-0.05, 0) is 61.5 Å². The Bertz CT molecular complexity index is 797. The van der Waals surface area contributed by atoms with Crippen LogP contribution in [0, 0.1) is 6.92 Å². The van der Waals surface area contributed by atoms with Crippen LogP contribution in [0.2, 0.25) is 0 Å². The highest BCUT2D eigenvalue weighted by atomic mass is 14.1. The number of allylic oxidation sites excluding steroid dienone is 8.